The van der Waals surface area contributed by atoms with Gasteiger partial charge in [0.1, 0.15) is 5.82 Å². The first-order valence-electron chi connectivity index (χ1n) is 8.02. The van der Waals surface area contributed by atoms with Gasteiger partial charge in [-0.15, -0.1) is 24.0 Å². The van der Waals surface area contributed by atoms with Crippen molar-refractivity contribution >= 4 is 29.9 Å². The molecule has 2 N–H and O–H groups in total. The molecule has 0 aromatic heterocycles. The van der Waals surface area contributed by atoms with Crippen LogP contribution >= 0.6 is 24.0 Å². The van der Waals surface area contributed by atoms with Crippen molar-refractivity contribution in [2.45, 2.75) is 38.8 Å². The number of benzene rings is 1. The molecule has 1 aliphatic rings. The van der Waals surface area contributed by atoms with Crippen LogP contribution in [0.1, 0.15) is 31.7 Å². The van der Waals surface area contributed by atoms with Crippen molar-refractivity contribution in [3.8, 4) is 0 Å². The van der Waals surface area contributed by atoms with Gasteiger partial charge in [-0.25, -0.2) is 4.39 Å². The van der Waals surface area contributed by atoms with Gasteiger partial charge in [0.25, 0.3) is 0 Å². The molecule has 0 spiro atoms. The molecule has 0 heterocycles. The van der Waals surface area contributed by atoms with Crippen molar-refractivity contribution in [2.75, 3.05) is 20.1 Å². The van der Waals surface area contributed by atoms with Crippen molar-refractivity contribution in [1.82, 2.24) is 10.2 Å². The van der Waals surface area contributed by atoms with E-state index in [1.165, 1.54) is 12.1 Å². The number of aliphatic hydroxyl groups is 1. The van der Waals surface area contributed by atoms with Crippen LogP contribution in [0.15, 0.2) is 29.3 Å². The Balaban J connectivity index is 0.00000264. The fourth-order valence-corrected chi connectivity index (χ4v) is 2.84. The van der Waals surface area contributed by atoms with E-state index in [9.17, 15) is 9.50 Å². The monoisotopic (exact) mass is 435 g/mol. The normalized spacial score (nSPS) is 21.0. The molecule has 2 rings (SSSR count). The first kappa shape index (κ1) is 20.2. The molecule has 0 aliphatic heterocycles. The third-order valence-electron chi connectivity index (χ3n) is 4.12. The van der Waals surface area contributed by atoms with Gasteiger partial charge in [-0.05, 0) is 37.5 Å². The number of nitrogens with zero attached hydrogens (tertiary/aromatic N) is 2. The third kappa shape index (κ3) is 6.25. The van der Waals surface area contributed by atoms with Gasteiger partial charge in [0.05, 0.1) is 6.10 Å². The number of nitrogens with one attached hydrogen (secondary N) is 1. The molecule has 23 heavy (non-hydrogen) atoms. The maximum atomic E-state index is 13.0. The second-order valence-corrected chi connectivity index (χ2v) is 5.94. The zero-order chi connectivity index (χ0) is 15.9. The molecule has 4 nitrogen and oxygen atoms in total. The van der Waals surface area contributed by atoms with Crippen molar-refractivity contribution < 1.29 is 9.50 Å². The van der Waals surface area contributed by atoms with Crippen LogP contribution in [-0.2, 0) is 6.54 Å². The molecular weight excluding hydrogens is 408 g/mol. The molecular formula is C17H27FIN3O. The van der Waals surface area contributed by atoms with Gasteiger partial charge in [0.2, 0.25) is 0 Å². The van der Waals surface area contributed by atoms with Gasteiger partial charge in [-0.3, -0.25) is 4.99 Å². The van der Waals surface area contributed by atoms with E-state index in [2.05, 4.69) is 10.3 Å². The minimum absolute atomic E-state index is 0. The van der Waals surface area contributed by atoms with Crippen molar-refractivity contribution in [3.63, 3.8) is 0 Å². The second-order valence-electron chi connectivity index (χ2n) is 5.94. The van der Waals surface area contributed by atoms with Crippen LogP contribution in [0, 0.1) is 11.7 Å². The van der Waals surface area contributed by atoms with Gasteiger partial charge in [0, 0.05) is 32.6 Å². The van der Waals surface area contributed by atoms with Crippen LogP contribution in [0.3, 0.4) is 0 Å². The van der Waals surface area contributed by atoms with Crippen LogP contribution in [0.2, 0.25) is 0 Å². The lowest BCUT2D eigenvalue weighted by Gasteiger charge is -2.23. The predicted molar refractivity (Wildman–Crippen MR) is 103 cm³/mol. The molecule has 2 unspecified atom stereocenters. The highest BCUT2D eigenvalue weighted by molar-refractivity contribution is 14.0. The van der Waals surface area contributed by atoms with Crippen LogP contribution in [0.4, 0.5) is 4.39 Å². The molecule has 6 heteroatoms. The van der Waals surface area contributed by atoms with Gasteiger partial charge < -0.3 is 15.3 Å². The van der Waals surface area contributed by atoms with Crippen LogP contribution < -0.4 is 5.32 Å². The van der Waals surface area contributed by atoms with Gasteiger partial charge in [0.15, 0.2) is 5.96 Å². The molecule has 1 fully saturated rings. The zero-order valence-corrected chi connectivity index (χ0v) is 16.2. The summed E-state index contributed by atoms with van der Waals surface area (Å²) in [5.41, 5.74) is 1.04. The number of aliphatic imine (C=N–C) groups is 1. The van der Waals surface area contributed by atoms with E-state index in [1.807, 2.05) is 18.9 Å². The highest BCUT2D eigenvalue weighted by atomic mass is 127. The van der Waals surface area contributed by atoms with E-state index in [4.69, 9.17) is 0 Å². The summed E-state index contributed by atoms with van der Waals surface area (Å²) in [5.74, 6) is 0.876. The lowest BCUT2D eigenvalue weighted by atomic mass is 10.1. The first-order valence-corrected chi connectivity index (χ1v) is 8.02. The average Bonchev–Trinajstić information content (AvgIpc) is 2.91. The predicted octanol–water partition coefficient (Wildman–Crippen LogP) is 3.00. The molecule has 130 valence electrons. The van der Waals surface area contributed by atoms with E-state index in [0.29, 0.717) is 13.1 Å². The highest BCUT2D eigenvalue weighted by Gasteiger charge is 2.24. The van der Waals surface area contributed by atoms with Crippen LogP contribution in [0.5, 0.6) is 0 Å². The minimum atomic E-state index is -0.220. The minimum Gasteiger partial charge on any atom is -0.393 e. The average molecular weight is 435 g/mol. The summed E-state index contributed by atoms with van der Waals surface area (Å²) in [7, 11) is 1.97. The third-order valence-corrected chi connectivity index (χ3v) is 4.12. The maximum absolute atomic E-state index is 13.0. The van der Waals surface area contributed by atoms with Crippen molar-refractivity contribution in [2.24, 2.45) is 10.9 Å². The van der Waals surface area contributed by atoms with Crippen molar-refractivity contribution in [3.05, 3.63) is 35.6 Å². The largest absolute Gasteiger partial charge is 0.393 e. The zero-order valence-electron chi connectivity index (χ0n) is 13.8. The summed E-state index contributed by atoms with van der Waals surface area (Å²) >= 11 is 0. The summed E-state index contributed by atoms with van der Waals surface area (Å²) < 4.78 is 13.0. The van der Waals surface area contributed by atoms with Gasteiger partial charge >= 0.3 is 0 Å². The van der Waals surface area contributed by atoms with Crippen molar-refractivity contribution in [1.29, 1.82) is 0 Å². The molecule has 0 saturated heterocycles. The van der Waals surface area contributed by atoms with Gasteiger partial charge in [-0.2, -0.15) is 0 Å². The molecule has 0 amide bonds. The molecule has 0 bridgehead atoms. The number of aliphatic hydroxyl groups excluding tert-OH is 1. The van der Waals surface area contributed by atoms with Gasteiger partial charge in [-0.1, -0.05) is 18.6 Å². The molecule has 1 aliphatic carbocycles. The van der Waals surface area contributed by atoms with E-state index in [0.717, 1.165) is 37.3 Å². The quantitative estimate of drug-likeness (QED) is 0.425. The maximum Gasteiger partial charge on any atom is 0.193 e. The van der Waals surface area contributed by atoms with E-state index >= 15 is 0 Å². The lowest BCUT2D eigenvalue weighted by Crippen LogP contribution is -2.39. The molecule has 1 aromatic rings. The number of hydrogen-bond donors (Lipinski definition) is 2. The first-order chi connectivity index (χ1) is 10.6. The van der Waals surface area contributed by atoms with E-state index < -0.39 is 0 Å². The molecule has 1 saturated carbocycles. The number of hydrogen-bond acceptors (Lipinski definition) is 2. The Morgan fingerprint density at radius 3 is 2.61 bits per heavy atom. The fraction of sp³-hybridized carbons (Fsp3) is 0.588. The summed E-state index contributed by atoms with van der Waals surface area (Å²) in [6.07, 6.45) is 2.81. The smallest absolute Gasteiger partial charge is 0.193 e. The van der Waals surface area contributed by atoms with E-state index in [-0.39, 0.29) is 41.8 Å². The summed E-state index contributed by atoms with van der Waals surface area (Å²) in [6, 6.07) is 6.52. The Labute approximate surface area is 155 Å². The summed E-state index contributed by atoms with van der Waals surface area (Å²) in [6.45, 7) is 4.14. The summed E-state index contributed by atoms with van der Waals surface area (Å²) in [5, 5.41) is 13.2. The topological polar surface area (TPSA) is 47.9 Å². The number of rotatable bonds is 5. The standard InChI is InChI=1S/C17H26FN3O.HI/c1-3-19-17(20-11-14-5-4-6-16(14)22)21(2)12-13-7-9-15(18)10-8-13;/h7-10,14,16,22H,3-6,11-12H2,1-2H3,(H,19,20);1H. The van der Waals surface area contributed by atoms with E-state index in [1.54, 1.807) is 12.1 Å². The molecule has 2 atom stereocenters. The SMILES string of the molecule is CCNC(=NCC1CCCC1O)N(C)Cc1ccc(F)cc1.I. The molecule has 0 radical (unpaired) electrons. The number of halogens is 2. The number of guanidine groups is 1. The second kappa shape index (κ2) is 10.1. The Bertz CT molecular complexity index is 495. The van der Waals surface area contributed by atoms with Crippen LogP contribution in [0.25, 0.3) is 0 Å². The Kier molecular flexibility index (Phi) is 8.83. The lowest BCUT2D eigenvalue weighted by molar-refractivity contribution is 0.136. The summed E-state index contributed by atoms with van der Waals surface area (Å²) in [4.78, 5) is 6.68. The fourth-order valence-electron chi connectivity index (χ4n) is 2.84. The Morgan fingerprint density at radius 1 is 1.35 bits per heavy atom. The Hall–Kier alpha value is -0.890. The Morgan fingerprint density at radius 2 is 2.04 bits per heavy atom. The molecule has 1 aromatic carbocycles. The highest BCUT2D eigenvalue weighted by Crippen LogP contribution is 2.25. The van der Waals surface area contributed by atoms with Crippen LogP contribution in [-0.4, -0.2) is 42.2 Å².